The molecule has 20 heavy (non-hydrogen) atoms. The van der Waals surface area contributed by atoms with E-state index in [0.717, 1.165) is 5.56 Å². The third-order valence-corrected chi connectivity index (χ3v) is 2.72. The number of ether oxygens (including phenoxy) is 2. The normalized spacial score (nSPS) is 12.2. The van der Waals surface area contributed by atoms with Gasteiger partial charge in [0.1, 0.15) is 5.69 Å². The van der Waals surface area contributed by atoms with Gasteiger partial charge in [-0.3, -0.25) is 10.1 Å². The number of nitrogens with one attached hydrogen (secondary N) is 1. The van der Waals surface area contributed by atoms with Crippen LogP contribution in [-0.4, -0.2) is 30.8 Å². The molecule has 1 N–H and O–H groups in total. The molecule has 0 fully saturated rings. The summed E-state index contributed by atoms with van der Waals surface area (Å²) in [5.41, 5.74) is 1.50. The van der Waals surface area contributed by atoms with Crippen molar-refractivity contribution >= 4 is 11.4 Å². The Morgan fingerprint density at radius 2 is 2.15 bits per heavy atom. The number of rotatable bonds is 9. The Labute approximate surface area is 119 Å². The molecule has 0 saturated heterocycles. The summed E-state index contributed by atoms with van der Waals surface area (Å²) in [6.07, 6.45) is -0.00673. The second-order valence-electron chi connectivity index (χ2n) is 4.42. The Balaban J connectivity index is 2.67. The highest BCUT2D eigenvalue weighted by molar-refractivity contribution is 5.62. The summed E-state index contributed by atoms with van der Waals surface area (Å²) in [4.78, 5) is 10.5. The lowest BCUT2D eigenvalue weighted by Crippen LogP contribution is -2.15. The topological polar surface area (TPSA) is 73.6 Å². The lowest BCUT2D eigenvalue weighted by molar-refractivity contribution is -0.384. The minimum Gasteiger partial charge on any atom is -0.380 e. The molecule has 1 atom stereocenters. The molecule has 0 aromatic heterocycles. The monoisotopic (exact) mass is 282 g/mol. The average molecular weight is 282 g/mol. The molecule has 0 bridgehead atoms. The Morgan fingerprint density at radius 3 is 2.75 bits per heavy atom. The quantitative estimate of drug-likeness (QED) is 0.557. The van der Waals surface area contributed by atoms with Gasteiger partial charge >= 0.3 is 0 Å². The molecule has 0 spiro atoms. The fraction of sp³-hybridized carbons (Fsp3) is 0.571. The molecule has 1 aromatic carbocycles. The van der Waals surface area contributed by atoms with Crippen molar-refractivity contribution in [3.63, 3.8) is 0 Å². The first kappa shape index (κ1) is 16.4. The maximum absolute atomic E-state index is 10.9. The van der Waals surface area contributed by atoms with Crippen LogP contribution in [0.5, 0.6) is 0 Å². The van der Waals surface area contributed by atoms with Gasteiger partial charge < -0.3 is 14.8 Å². The predicted molar refractivity (Wildman–Crippen MR) is 78.0 cm³/mol. The number of anilines is 1. The summed E-state index contributed by atoms with van der Waals surface area (Å²) in [6, 6.07) is 4.98. The second kappa shape index (κ2) is 8.50. The maximum atomic E-state index is 10.9. The van der Waals surface area contributed by atoms with Gasteiger partial charge in [0, 0.05) is 19.2 Å². The molecule has 0 aliphatic heterocycles. The van der Waals surface area contributed by atoms with E-state index >= 15 is 0 Å². The first-order valence-electron chi connectivity index (χ1n) is 6.79. The summed E-state index contributed by atoms with van der Waals surface area (Å²) < 4.78 is 10.9. The lowest BCUT2D eigenvalue weighted by Gasteiger charge is -2.13. The summed E-state index contributed by atoms with van der Waals surface area (Å²) in [7, 11) is 0. The van der Waals surface area contributed by atoms with Crippen LogP contribution in [0.3, 0.4) is 0 Å². The van der Waals surface area contributed by atoms with Gasteiger partial charge in [0.15, 0.2) is 0 Å². The fourth-order valence-corrected chi connectivity index (χ4v) is 1.73. The fourth-order valence-electron chi connectivity index (χ4n) is 1.73. The van der Waals surface area contributed by atoms with E-state index in [1.54, 1.807) is 12.1 Å². The van der Waals surface area contributed by atoms with E-state index in [9.17, 15) is 10.1 Å². The van der Waals surface area contributed by atoms with Crippen LogP contribution < -0.4 is 5.32 Å². The minimum atomic E-state index is -0.389. The zero-order valence-corrected chi connectivity index (χ0v) is 12.2. The molecule has 1 aromatic rings. The largest absolute Gasteiger partial charge is 0.380 e. The molecule has 1 rings (SSSR count). The molecular weight excluding hydrogens is 260 g/mol. The molecule has 0 amide bonds. The molecule has 0 radical (unpaired) electrons. The Bertz CT molecular complexity index is 437. The van der Waals surface area contributed by atoms with Gasteiger partial charge in [-0.15, -0.1) is 0 Å². The first-order valence-corrected chi connectivity index (χ1v) is 6.79. The summed E-state index contributed by atoms with van der Waals surface area (Å²) >= 11 is 0. The third-order valence-electron chi connectivity index (χ3n) is 2.72. The molecule has 0 aliphatic rings. The number of nitro benzene ring substituents is 1. The van der Waals surface area contributed by atoms with Crippen molar-refractivity contribution in [2.24, 2.45) is 0 Å². The Morgan fingerprint density at radius 1 is 1.40 bits per heavy atom. The summed E-state index contributed by atoms with van der Waals surface area (Å²) in [5, 5.41) is 13.9. The van der Waals surface area contributed by atoms with Gasteiger partial charge in [-0.2, -0.15) is 0 Å². The van der Waals surface area contributed by atoms with E-state index in [-0.39, 0.29) is 16.7 Å². The highest BCUT2D eigenvalue weighted by Gasteiger charge is 2.13. The maximum Gasteiger partial charge on any atom is 0.292 e. The van der Waals surface area contributed by atoms with Crippen molar-refractivity contribution < 1.29 is 14.4 Å². The van der Waals surface area contributed by atoms with Crippen molar-refractivity contribution in [1.82, 2.24) is 0 Å². The molecule has 1 unspecified atom stereocenters. The zero-order chi connectivity index (χ0) is 15.0. The predicted octanol–water partition coefficient (Wildman–Crippen LogP) is 2.97. The van der Waals surface area contributed by atoms with Crippen LogP contribution >= 0.6 is 0 Å². The van der Waals surface area contributed by atoms with Crippen molar-refractivity contribution in [3.05, 3.63) is 33.9 Å². The Kier molecular flexibility index (Phi) is 6.97. The molecule has 6 nitrogen and oxygen atoms in total. The Hall–Kier alpha value is -1.66. The number of nitro groups is 1. The standard InChI is InChI=1S/C14H22N2O4/c1-4-15-13-8-12(6-7-14(13)16(17)18)10-20-11(3)9-19-5-2/h6-8,11,15H,4-5,9-10H2,1-3H3. The van der Waals surface area contributed by atoms with E-state index in [1.807, 2.05) is 20.8 Å². The number of hydrogen-bond donors (Lipinski definition) is 1. The molecule has 0 aliphatic carbocycles. The van der Waals surface area contributed by atoms with E-state index in [1.165, 1.54) is 6.07 Å². The number of nitrogens with zero attached hydrogens (tertiary/aromatic N) is 1. The number of hydrogen-bond acceptors (Lipinski definition) is 5. The first-order chi connectivity index (χ1) is 9.58. The van der Waals surface area contributed by atoms with E-state index in [4.69, 9.17) is 9.47 Å². The highest BCUT2D eigenvalue weighted by atomic mass is 16.6. The van der Waals surface area contributed by atoms with Crippen LogP contribution in [0.2, 0.25) is 0 Å². The average Bonchev–Trinajstić information content (AvgIpc) is 2.43. The van der Waals surface area contributed by atoms with E-state index in [0.29, 0.717) is 32.1 Å². The van der Waals surface area contributed by atoms with Gasteiger partial charge in [-0.25, -0.2) is 0 Å². The van der Waals surface area contributed by atoms with Crippen molar-refractivity contribution in [2.45, 2.75) is 33.5 Å². The molecular formula is C14H22N2O4. The molecule has 6 heteroatoms. The van der Waals surface area contributed by atoms with E-state index < -0.39 is 0 Å². The smallest absolute Gasteiger partial charge is 0.292 e. The number of benzene rings is 1. The van der Waals surface area contributed by atoms with Crippen LogP contribution in [0.15, 0.2) is 18.2 Å². The molecule has 0 heterocycles. The summed E-state index contributed by atoms with van der Waals surface area (Å²) in [6.45, 7) is 8.02. The van der Waals surface area contributed by atoms with Gasteiger partial charge in [-0.1, -0.05) is 0 Å². The van der Waals surface area contributed by atoms with Gasteiger partial charge in [0.05, 0.1) is 24.2 Å². The zero-order valence-electron chi connectivity index (χ0n) is 12.2. The minimum absolute atomic E-state index is 0.00673. The lowest BCUT2D eigenvalue weighted by atomic mass is 10.2. The van der Waals surface area contributed by atoms with E-state index in [2.05, 4.69) is 5.32 Å². The van der Waals surface area contributed by atoms with Crippen LogP contribution in [0.25, 0.3) is 0 Å². The van der Waals surface area contributed by atoms with Gasteiger partial charge in [-0.05, 0) is 38.5 Å². The van der Waals surface area contributed by atoms with Gasteiger partial charge in [0.2, 0.25) is 0 Å². The summed E-state index contributed by atoms with van der Waals surface area (Å²) in [5.74, 6) is 0. The van der Waals surface area contributed by atoms with Crippen molar-refractivity contribution in [1.29, 1.82) is 0 Å². The van der Waals surface area contributed by atoms with Gasteiger partial charge in [0.25, 0.3) is 5.69 Å². The molecule has 0 saturated carbocycles. The third kappa shape index (κ3) is 5.14. The highest BCUT2D eigenvalue weighted by Crippen LogP contribution is 2.25. The van der Waals surface area contributed by atoms with Crippen LogP contribution in [-0.2, 0) is 16.1 Å². The molecule has 112 valence electrons. The van der Waals surface area contributed by atoms with Crippen molar-refractivity contribution in [2.75, 3.05) is 25.1 Å². The van der Waals surface area contributed by atoms with Crippen LogP contribution in [0.4, 0.5) is 11.4 Å². The SMILES string of the molecule is CCNc1cc(COC(C)COCC)ccc1[N+](=O)[O-]. The van der Waals surface area contributed by atoms with Crippen LogP contribution in [0, 0.1) is 10.1 Å². The van der Waals surface area contributed by atoms with Crippen LogP contribution in [0.1, 0.15) is 26.3 Å². The van der Waals surface area contributed by atoms with Crippen molar-refractivity contribution in [3.8, 4) is 0 Å². The second-order valence-corrected chi connectivity index (χ2v) is 4.42.